The molecule has 142 valence electrons. The lowest BCUT2D eigenvalue weighted by Crippen LogP contribution is -2.35. The van der Waals surface area contributed by atoms with Crippen LogP contribution in [0.3, 0.4) is 0 Å². The topological polar surface area (TPSA) is 75.7 Å². The minimum absolute atomic E-state index is 0.324. The predicted molar refractivity (Wildman–Crippen MR) is 102 cm³/mol. The van der Waals surface area contributed by atoms with E-state index < -0.39 is 12.1 Å². The fourth-order valence-electron chi connectivity index (χ4n) is 2.66. The molecule has 2 rings (SSSR count). The number of likely N-dealkylation sites (N-methyl/N-ethyl adjacent to an activating group) is 1. The van der Waals surface area contributed by atoms with E-state index in [1.54, 1.807) is 50.5 Å². The summed E-state index contributed by atoms with van der Waals surface area (Å²) in [7, 11) is 3.18. The second-order valence-corrected chi connectivity index (χ2v) is 6.57. The molecule has 6 nitrogen and oxygen atoms in total. The summed E-state index contributed by atoms with van der Waals surface area (Å²) < 4.78 is 5.35. The summed E-state index contributed by atoms with van der Waals surface area (Å²) in [6, 6.07) is 14.2. The molecule has 0 aromatic heterocycles. The minimum Gasteiger partial charge on any atom is -0.446 e. The molecule has 1 N–H and O–H groups in total. The third-order valence-corrected chi connectivity index (χ3v) is 3.89. The normalized spacial score (nSPS) is 11.4. The van der Waals surface area contributed by atoms with Gasteiger partial charge in [-0.2, -0.15) is 0 Å². The van der Waals surface area contributed by atoms with E-state index in [0.29, 0.717) is 11.1 Å². The van der Waals surface area contributed by atoms with Crippen molar-refractivity contribution >= 4 is 17.8 Å². The highest BCUT2D eigenvalue weighted by atomic mass is 16.5. The van der Waals surface area contributed by atoms with Crippen molar-refractivity contribution in [2.45, 2.75) is 20.0 Å². The fraction of sp³-hybridized carbons (Fsp3) is 0.286. The van der Waals surface area contributed by atoms with Gasteiger partial charge in [-0.25, -0.2) is 0 Å². The van der Waals surface area contributed by atoms with Gasteiger partial charge >= 0.3 is 5.97 Å². The Morgan fingerprint density at radius 3 is 2.15 bits per heavy atom. The van der Waals surface area contributed by atoms with Gasteiger partial charge in [0.15, 0.2) is 0 Å². The van der Waals surface area contributed by atoms with Crippen LogP contribution in [0.4, 0.5) is 0 Å². The molecule has 2 aromatic carbocycles. The van der Waals surface area contributed by atoms with Crippen LogP contribution in [-0.4, -0.2) is 43.3 Å². The summed E-state index contributed by atoms with van der Waals surface area (Å²) in [5.74, 6) is -1.40. The lowest BCUT2D eigenvalue weighted by atomic mass is 10.1. The van der Waals surface area contributed by atoms with Gasteiger partial charge in [-0.15, -0.1) is 0 Å². The van der Waals surface area contributed by atoms with Gasteiger partial charge in [-0.05, 0) is 26.0 Å². The zero-order valence-electron chi connectivity index (χ0n) is 16.0. The van der Waals surface area contributed by atoms with Gasteiger partial charge in [-0.3, -0.25) is 14.4 Å². The van der Waals surface area contributed by atoms with Crippen LogP contribution in [-0.2, 0) is 14.3 Å². The van der Waals surface area contributed by atoms with Gasteiger partial charge < -0.3 is 15.0 Å². The van der Waals surface area contributed by atoms with Crippen LogP contribution in [0.1, 0.15) is 33.2 Å². The van der Waals surface area contributed by atoms with E-state index in [2.05, 4.69) is 5.32 Å². The van der Waals surface area contributed by atoms with Crippen LogP contribution >= 0.6 is 0 Å². The molecule has 0 spiro atoms. The van der Waals surface area contributed by atoms with Crippen molar-refractivity contribution in [1.29, 1.82) is 0 Å². The molecule has 0 radical (unpaired) electrons. The smallest absolute Gasteiger partial charge is 0.326 e. The summed E-state index contributed by atoms with van der Waals surface area (Å²) in [5, 5.41) is 2.54. The van der Waals surface area contributed by atoms with E-state index in [0.717, 1.165) is 11.1 Å². The number of amides is 2. The van der Waals surface area contributed by atoms with E-state index in [-0.39, 0.29) is 18.4 Å². The van der Waals surface area contributed by atoms with Crippen LogP contribution in [0.15, 0.2) is 48.5 Å². The molecule has 0 saturated carbocycles. The Hall–Kier alpha value is -3.15. The first kappa shape index (κ1) is 20.2. The predicted octanol–water partition coefficient (Wildman–Crippen LogP) is 2.41. The van der Waals surface area contributed by atoms with E-state index in [9.17, 15) is 14.4 Å². The molecule has 0 aliphatic carbocycles. The summed E-state index contributed by atoms with van der Waals surface area (Å²) in [5.41, 5.74) is 2.97. The highest BCUT2D eigenvalue weighted by Crippen LogP contribution is 2.19. The molecule has 0 aliphatic heterocycles. The van der Waals surface area contributed by atoms with E-state index in [1.165, 1.54) is 4.90 Å². The molecule has 0 saturated heterocycles. The zero-order chi connectivity index (χ0) is 20.0. The Labute approximate surface area is 159 Å². The summed E-state index contributed by atoms with van der Waals surface area (Å²) in [6.07, 6.45) is -1.05. The van der Waals surface area contributed by atoms with E-state index in [1.807, 2.05) is 26.0 Å². The molecule has 6 heteroatoms. The molecular formula is C21H24N2O4. The lowest BCUT2D eigenvalue weighted by molar-refractivity contribution is -0.158. The average molecular weight is 368 g/mol. The number of carbonyl (C=O) groups excluding carboxylic acids is 3. The Morgan fingerprint density at radius 1 is 1.00 bits per heavy atom. The first-order chi connectivity index (χ1) is 12.8. The van der Waals surface area contributed by atoms with Gasteiger partial charge in [0.05, 0.1) is 0 Å². The van der Waals surface area contributed by atoms with Crippen molar-refractivity contribution in [2.24, 2.45) is 0 Å². The molecule has 0 bridgehead atoms. The van der Waals surface area contributed by atoms with Crippen LogP contribution in [0.5, 0.6) is 0 Å². The zero-order valence-corrected chi connectivity index (χ0v) is 16.0. The van der Waals surface area contributed by atoms with Gasteiger partial charge in [0, 0.05) is 25.2 Å². The van der Waals surface area contributed by atoms with Crippen molar-refractivity contribution in [1.82, 2.24) is 10.2 Å². The number of aryl methyl sites for hydroxylation is 2. The minimum atomic E-state index is -1.05. The summed E-state index contributed by atoms with van der Waals surface area (Å²) >= 11 is 0. The molecule has 1 atom stereocenters. The Balaban J connectivity index is 2.03. The number of nitrogens with zero attached hydrogens (tertiary/aromatic N) is 1. The van der Waals surface area contributed by atoms with E-state index in [4.69, 9.17) is 4.74 Å². The van der Waals surface area contributed by atoms with Crippen LogP contribution in [0.2, 0.25) is 0 Å². The number of ether oxygens (including phenoxy) is 1. The highest BCUT2D eigenvalue weighted by Gasteiger charge is 2.26. The molecule has 0 aliphatic rings. The Kier molecular flexibility index (Phi) is 6.71. The maximum absolute atomic E-state index is 12.4. The second kappa shape index (κ2) is 8.98. The number of rotatable bonds is 6. The monoisotopic (exact) mass is 368 g/mol. The number of benzene rings is 2. The van der Waals surface area contributed by atoms with Crippen LogP contribution in [0.25, 0.3) is 0 Å². The molecule has 0 heterocycles. The van der Waals surface area contributed by atoms with Gasteiger partial charge in [-0.1, -0.05) is 47.5 Å². The standard InChI is InChI=1S/C21H24N2O4/c1-14-10-15(2)12-17(11-14)20(25)22-13-18(24)27-19(21(26)23(3)4)16-8-6-5-7-9-16/h5-12,19H,13H2,1-4H3,(H,22,25). The van der Waals surface area contributed by atoms with Crippen molar-refractivity contribution < 1.29 is 19.1 Å². The lowest BCUT2D eigenvalue weighted by Gasteiger charge is -2.21. The Bertz CT molecular complexity index is 811. The van der Waals surface area contributed by atoms with Crippen molar-refractivity contribution in [2.75, 3.05) is 20.6 Å². The largest absolute Gasteiger partial charge is 0.446 e. The first-order valence-corrected chi connectivity index (χ1v) is 8.60. The van der Waals surface area contributed by atoms with Gasteiger partial charge in [0.25, 0.3) is 11.8 Å². The average Bonchev–Trinajstić information content (AvgIpc) is 2.63. The quantitative estimate of drug-likeness (QED) is 0.795. The number of hydrogen-bond donors (Lipinski definition) is 1. The summed E-state index contributed by atoms with van der Waals surface area (Å²) in [6.45, 7) is 3.47. The molecule has 27 heavy (non-hydrogen) atoms. The molecule has 1 unspecified atom stereocenters. The molecular weight excluding hydrogens is 344 g/mol. The number of esters is 1. The number of carbonyl (C=O) groups is 3. The third kappa shape index (κ3) is 5.67. The van der Waals surface area contributed by atoms with Gasteiger partial charge in [0.1, 0.15) is 6.54 Å². The highest BCUT2D eigenvalue weighted by molar-refractivity contribution is 5.96. The van der Waals surface area contributed by atoms with Gasteiger partial charge in [0.2, 0.25) is 6.10 Å². The molecule has 2 aromatic rings. The summed E-state index contributed by atoms with van der Waals surface area (Å²) in [4.78, 5) is 38.2. The number of nitrogens with one attached hydrogen (secondary N) is 1. The maximum atomic E-state index is 12.4. The van der Waals surface area contributed by atoms with Crippen LogP contribution in [0, 0.1) is 13.8 Å². The van der Waals surface area contributed by atoms with Crippen molar-refractivity contribution in [3.05, 3.63) is 70.8 Å². The third-order valence-electron chi connectivity index (χ3n) is 3.89. The fourth-order valence-corrected chi connectivity index (χ4v) is 2.66. The maximum Gasteiger partial charge on any atom is 0.326 e. The molecule has 0 fully saturated rings. The van der Waals surface area contributed by atoms with Crippen LogP contribution < -0.4 is 5.32 Å². The Morgan fingerprint density at radius 2 is 1.59 bits per heavy atom. The van der Waals surface area contributed by atoms with Crippen molar-refractivity contribution in [3.63, 3.8) is 0 Å². The van der Waals surface area contributed by atoms with Crippen molar-refractivity contribution in [3.8, 4) is 0 Å². The number of hydrogen-bond acceptors (Lipinski definition) is 4. The first-order valence-electron chi connectivity index (χ1n) is 8.60. The molecule has 2 amide bonds. The van der Waals surface area contributed by atoms with E-state index >= 15 is 0 Å². The SMILES string of the molecule is Cc1cc(C)cc(C(=O)NCC(=O)OC(C(=O)N(C)C)c2ccccc2)c1. The second-order valence-electron chi connectivity index (χ2n) is 6.57.